The summed E-state index contributed by atoms with van der Waals surface area (Å²) in [4.78, 5) is 0. The van der Waals surface area contributed by atoms with Crippen LogP contribution in [0.5, 0.6) is 11.5 Å². The van der Waals surface area contributed by atoms with E-state index in [1.165, 1.54) is 0 Å². The maximum absolute atomic E-state index is 9.98. The highest BCUT2D eigenvalue weighted by Crippen LogP contribution is 2.31. The summed E-state index contributed by atoms with van der Waals surface area (Å²) in [5.74, 6) is 1.32. The molecule has 16 heavy (non-hydrogen) atoms. The molecule has 1 unspecified atom stereocenters. The third-order valence-corrected chi connectivity index (χ3v) is 2.61. The maximum atomic E-state index is 9.98. The summed E-state index contributed by atoms with van der Waals surface area (Å²) < 4.78 is 5.34. The van der Waals surface area contributed by atoms with Crippen LogP contribution in [-0.4, -0.2) is 18.3 Å². The van der Waals surface area contributed by atoms with Crippen LogP contribution in [0.4, 0.5) is 0 Å². The van der Waals surface area contributed by atoms with Gasteiger partial charge >= 0.3 is 0 Å². The fourth-order valence-corrected chi connectivity index (χ4v) is 1.77. The van der Waals surface area contributed by atoms with Crippen LogP contribution < -0.4 is 10.5 Å². The zero-order valence-electron chi connectivity index (χ0n) is 10.1. The molecule has 3 N–H and O–H groups in total. The quantitative estimate of drug-likeness (QED) is 0.778. The van der Waals surface area contributed by atoms with Crippen LogP contribution in [0.2, 0.25) is 0 Å². The second-order valence-electron chi connectivity index (χ2n) is 4.08. The summed E-state index contributed by atoms with van der Waals surface area (Å²) in [6, 6.07) is 5.63. The number of ether oxygens (including phenoxy) is 1. The van der Waals surface area contributed by atoms with Crippen LogP contribution in [0.25, 0.3) is 0 Å². The van der Waals surface area contributed by atoms with Crippen molar-refractivity contribution in [3.63, 3.8) is 0 Å². The summed E-state index contributed by atoms with van der Waals surface area (Å²) in [5.41, 5.74) is 6.45. The van der Waals surface area contributed by atoms with Gasteiger partial charge in [-0.3, -0.25) is 0 Å². The topological polar surface area (TPSA) is 55.5 Å². The largest absolute Gasteiger partial charge is 0.504 e. The van der Waals surface area contributed by atoms with Crippen LogP contribution in [-0.2, 0) is 6.42 Å². The number of rotatable bonds is 6. The van der Waals surface area contributed by atoms with Gasteiger partial charge in [0.25, 0.3) is 0 Å². The van der Waals surface area contributed by atoms with E-state index in [2.05, 4.69) is 6.92 Å². The highest BCUT2D eigenvalue weighted by Gasteiger charge is 2.10. The standard InChI is InChI=1S/C13H21NO2/c1-3-16-12-6-4-5-11(13(12)15)9-10(2)7-8-14/h4-6,10,15H,3,7-9,14H2,1-2H3. The van der Waals surface area contributed by atoms with Gasteiger partial charge in [-0.1, -0.05) is 19.1 Å². The van der Waals surface area contributed by atoms with Crippen molar-refractivity contribution in [1.82, 2.24) is 0 Å². The molecule has 0 aliphatic rings. The van der Waals surface area contributed by atoms with Crippen molar-refractivity contribution < 1.29 is 9.84 Å². The van der Waals surface area contributed by atoms with Crippen molar-refractivity contribution in [2.24, 2.45) is 11.7 Å². The van der Waals surface area contributed by atoms with E-state index >= 15 is 0 Å². The minimum Gasteiger partial charge on any atom is -0.504 e. The van der Waals surface area contributed by atoms with E-state index in [-0.39, 0.29) is 5.75 Å². The molecule has 0 aliphatic heterocycles. The third-order valence-electron chi connectivity index (χ3n) is 2.61. The van der Waals surface area contributed by atoms with Crippen molar-refractivity contribution in [1.29, 1.82) is 0 Å². The number of hydrogen-bond acceptors (Lipinski definition) is 3. The first-order chi connectivity index (χ1) is 7.69. The molecule has 0 saturated heterocycles. The van der Waals surface area contributed by atoms with Crippen molar-refractivity contribution in [2.75, 3.05) is 13.2 Å². The van der Waals surface area contributed by atoms with Crippen LogP contribution >= 0.6 is 0 Å². The Morgan fingerprint density at radius 1 is 1.44 bits per heavy atom. The predicted octanol–water partition coefficient (Wildman–Crippen LogP) is 2.32. The van der Waals surface area contributed by atoms with Gasteiger partial charge in [-0.25, -0.2) is 0 Å². The van der Waals surface area contributed by atoms with Gasteiger partial charge in [-0.2, -0.15) is 0 Å². The Labute approximate surface area is 97.2 Å². The molecule has 0 bridgehead atoms. The average Bonchev–Trinajstić information content (AvgIpc) is 2.24. The molecule has 0 aromatic heterocycles. The van der Waals surface area contributed by atoms with Gasteiger partial charge in [0.05, 0.1) is 6.61 Å². The van der Waals surface area contributed by atoms with Gasteiger partial charge in [0, 0.05) is 0 Å². The molecular weight excluding hydrogens is 202 g/mol. The van der Waals surface area contributed by atoms with Gasteiger partial charge < -0.3 is 15.6 Å². The van der Waals surface area contributed by atoms with E-state index < -0.39 is 0 Å². The molecule has 1 aromatic carbocycles. The molecule has 0 amide bonds. The van der Waals surface area contributed by atoms with Crippen molar-refractivity contribution in [3.8, 4) is 11.5 Å². The minimum atomic E-state index is 0.272. The lowest BCUT2D eigenvalue weighted by molar-refractivity contribution is 0.316. The normalized spacial score (nSPS) is 12.4. The monoisotopic (exact) mass is 223 g/mol. The second kappa shape index (κ2) is 6.38. The molecule has 1 rings (SSSR count). The van der Waals surface area contributed by atoms with Crippen molar-refractivity contribution in [3.05, 3.63) is 23.8 Å². The molecule has 90 valence electrons. The summed E-state index contributed by atoms with van der Waals surface area (Å²) >= 11 is 0. The Hall–Kier alpha value is -1.22. The van der Waals surface area contributed by atoms with Crippen LogP contribution in [0.3, 0.4) is 0 Å². The fourth-order valence-electron chi connectivity index (χ4n) is 1.77. The number of hydrogen-bond donors (Lipinski definition) is 2. The first-order valence-electron chi connectivity index (χ1n) is 5.82. The molecule has 1 atom stereocenters. The predicted molar refractivity (Wildman–Crippen MR) is 65.8 cm³/mol. The summed E-state index contributed by atoms with van der Waals surface area (Å²) in [7, 11) is 0. The number of phenols is 1. The maximum Gasteiger partial charge on any atom is 0.161 e. The lowest BCUT2D eigenvalue weighted by Crippen LogP contribution is -2.08. The van der Waals surface area contributed by atoms with E-state index in [1.54, 1.807) is 6.07 Å². The number of para-hydroxylation sites is 1. The van der Waals surface area contributed by atoms with Gasteiger partial charge in [0.15, 0.2) is 11.5 Å². The highest BCUT2D eigenvalue weighted by atomic mass is 16.5. The van der Waals surface area contributed by atoms with Gasteiger partial charge in [0.1, 0.15) is 0 Å². The highest BCUT2D eigenvalue weighted by molar-refractivity contribution is 5.45. The Bertz CT molecular complexity index is 326. The fraction of sp³-hybridized carbons (Fsp3) is 0.538. The van der Waals surface area contributed by atoms with E-state index in [0.717, 1.165) is 18.4 Å². The zero-order valence-corrected chi connectivity index (χ0v) is 10.1. The Kier molecular flexibility index (Phi) is 5.12. The smallest absolute Gasteiger partial charge is 0.161 e. The van der Waals surface area contributed by atoms with E-state index in [0.29, 0.717) is 24.8 Å². The van der Waals surface area contributed by atoms with Crippen LogP contribution in [0.15, 0.2) is 18.2 Å². The Morgan fingerprint density at radius 2 is 2.19 bits per heavy atom. The lowest BCUT2D eigenvalue weighted by Gasteiger charge is -2.13. The molecule has 1 aromatic rings. The number of nitrogens with two attached hydrogens (primary N) is 1. The minimum absolute atomic E-state index is 0.272. The van der Waals surface area contributed by atoms with Crippen LogP contribution in [0.1, 0.15) is 25.8 Å². The van der Waals surface area contributed by atoms with Gasteiger partial charge in [-0.05, 0) is 43.9 Å². The molecule has 0 spiro atoms. The number of benzene rings is 1. The number of aromatic hydroxyl groups is 1. The first-order valence-corrected chi connectivity index (χ1v) is 5.82. The molecule has 0 fully saturated rings. The molecule has 0 heterocycles. The van der Waals surface area contributed by atoms with E-state index in [4.69, 9.17) is 10.5 Å². The average molecular weight is 223 g/mol. The Morgan fingerprint density at radius 3 is 2.81 bits per heavy atom. The zero-order chi connectivity index (χ0) is 12.0. The van der Waals surface area contributed by atoms with Crippen molar-refractivity contribution in [2.45, 2.75) is 26.7 Å². The molecule has 0 aliphatic carbocycles. The van der Waals surface area contributed by atoms with Gasteiger partial charge in [0.2, 0.25) is 0 Å². The van der Waals surface area contributed by atoms with Crippen LogP contribution in [0, 0.1) is 5.92 Å². The molecule has 3 heteroatoms. The van der Waals surface area contributed by atoms with E-state index in [1.807, 2.05) is 19.1 Å². The number of phenolic OH excluding ortho intramolecular Hbond substituents is 1. The van der Waals surface area contributed by atoms with E-state index in [9.17, 15) is 5.11 Å². The molecule has 0 saturated carbocycles. The first kappa shape index (κ1) is 12.8. The second-order valence-corrected chi connectivity index (χ2v) is 4.08. The molecule has 3 nitrogen and oxygen atoms in total. The third kappa shape index (κ3) is 3.42. The molecule has 0 radical (unpaired) electrons. The Balaban J connectivity index is 2.76. The van der Waals surface area contributed by atoms with Gasteiger partial charge in [-0.15, -0.1) is 0 Å². The van der Waals surface area contributed by atoms with Crippen molar-refractivity contribution >= 4 is 0 Å². The SMILES string of the molecule is CCOc1cccc(CC(C)CCN)c1O. The summed E-state index contributed by atoms with van der Waals surface area (Å²) in [6.07, 6.45) is 1.81. The summed E-state index contributed by atoms with van der Waals surface area (Å²) in [6.45, 7) is 5.30. The molecular formula is C13H21NO2. The lowest BCUT2D eigenvalue weighted by atomic mass is 9.97. The summed E-state index contributed by atoms with van der Waals surface area (Å²) in [5, 5.41) is 9.98.